The van der Waals surface area contributed by atoms with Gasteiger partial charge in [0.25, 0.3) is 5.91 Å². The number of anilines is 3. The summed E-state index contributed by atoms with van der Waals surface area (Å²) in [5.74, 6) is 2.02. The lowest BCUT2D eigenvalue weighted by atomic mass is 10.1. The van der Waals surface area contributed by atoms with Gasteiger partial charge in [0.1, 0.15) is 5.82 Å². The van der Waals surface area contributed by atoms with Gasteiger partial charge in [-0.3, -0.25) is 4.79 Å². The van der Waals surface area contributed by atoms with E-state index in [-0.39, 0.29) is 11.9 Å². The smallest absolute Gasteiger partial charge is 0.323 e. The molecular weight excluding hydrogens is 496 g/mol. The van der Waals surface area contributed by atoms with E-state index in [4.69, 9.17) is 9.72 Å². The topological polar surface area (TPSA) is 116 Å². The maximum Gasteiger partial charge on any atom is 0.323 e. The molecule has 0 spiro atoms. The molecule has 2 aromatic carbocycles. The predicted molar refractivity (Wildman–Crippen MR) is 150 cm³/mol. The number of rotatable bonds is 6. The van der Waals surface area contributed by atoms with Crippen molar-refractivity contribution in [1.29, 1.82) is 0 Å². The first-order valence-corrected chi connectivity index (χ1v) is 13.3. The van der Waals surface area contributed by atoms with Crippen LogP contribution in [0.5, 0.6) is 0 Å². The molecule has 0 saturated carbocycles. The largest absolute Gasteiger partial charge is 0.378 e. The minimum absolute atomic E-state index is 0.0143. The van der Waals surface area contributed by atoms with Crippen LogP contribution in [0.1, 0.15) is 23.1 Å². The van der Waals surface area contributed by atoms with Crippen LogP contribution in [0.2, 0.25) is 0 Å². The Bertz CT molecular complexity index is 1290. The van der Waals surface area contributed by atoms with Gasteiger partial charge in [-0.05, 0) is 55.6 Å². The summed E-state index contributed by atoms with van der Waals surface area (Å²) in [4.78, 5) is 45.4. The number of hydrogen-bond donors (Lipinski definition) is 2. The zero-order chi connectivity index (χ0) is 27.2. The van der Waals surface area contributed by atoms with E-state index < -0.39 is 0 Å². The van der Waals surface area contributed by atoms with Crippen molar-refractivity contribution in [3.05, 3.63) is 59.9 Å². The van der Waals surface area contributed by atoms with Gasteiger partial charge in [-0.2, -0.15) is 9.97 Å². The summed E-state index contributed by atoms with van der Waals surface area (Å²) < 4.78 is 5.45. The SMILES string of the molecule is CCc1nc(-c2ccc(NC(=O)Nc3ccc(C(=O)N4CCN(C)CC4)cc3)cc2)nc(N2CCOCC2)n1. The number of likely N-dealkylation sites (N-methyl/N-ethyl adjacent to an activating group) is 1. The minimum atomic E-state index is -0.371. The molecule has 0 bridgehead atoms. The summed E-state index contributed by atoms with van der Waals surface area (Å²) in [5.41, 5.74) is 2.69. The Morgan fingerprint density at radius 3 is 2.05 bits per heavy atom. The van der Waals surface area contributed by atoms with Gasteiger partial charge in [-0.15, -0.1) is 0 Å². The third kappa shape index (κ3) is 6.68. The molecule has 3 amide bonds. The number of amides is 3. The number of morpholine rings is 1. The van der Waals surface area contributed by atoms with Crippen LogP contribution < -0.4 is 15.5 Å². The fraction of sp³-hybridized carbons (Fsp3) is 0.393. The first kappa shape index (κ1) is 26.5. The first-order valence-electron chi connectivity index (χ1n) is 13.3. The van der Waals surface area contributed by atoms with Gasteiger partial charge in [-0.1, -0.05) is 6.92 Å². The lowest BCUT2D eigenvalue weighted by Gasteiger charge is -2.32. The van der Waals surface area contributed by atoms with Crippen molar-refractivity contribution < 1.29 is 14.3 Å². The minimum Gasteiger partial charge on any atom is -0.378 e. The molecule has 5 rings (SSSR count). The highest BCUT2D eigenvalue weighted by molar-refractivity contribution is 6.00. The van der Waals surface area contributed by atoms with Gasteiger partial charge in [0, 0.05) is 68.2 Å². The molecule has 11 heteroatoms. The highest BCUT2D eigenvalue weighted by atomic mass is 16.5. The van der Waals surface area contributed by atoms with Gasteiger partial charge < -0.3 is 30.1 Å². The third-order valence-corrected chi connectivity index (χ3v) is 6.86. The quantitative estimate of drug-likeness (QED) is 0.500. The molecule has 3 aromatic rings. The lowest BCUT2D eigenvalue weighted by molar-refractivity contribution is 0.0664. The number of aryl methyl sites for hydroxylation is 1. The van der Waals surface area contributed by atoms with Crippen LogP contribution >= 0.6 is 0 Å². The van der Waals surface area contributed by atoms with Crippen molar-refractivity contribution in [1.82, 2.24) is 24.8 Å². The number of hydrogen-bond acceptors (Lipinski definition) is 8. The van der Waals surface area contributed by atoms with Crippen molar-refractivity contribution in [3.8, 4) is 11.4 Å². The molecule has 2 aliphatic rings. The average molecular weight is 531 g/mol. The zero-order valence-corrected chi connectivity index (χ0v) is 22.4. The monoisotopic (exact) mass is 530 g/mol. The van der Waals surface area contributed by atoms with Crippen molar-refractivity contribution in [2.75, 3.05) is 75.1 Å². The molecule has 2 saturated heterocycles. The second-order valence-corrected chi connectivity index (χ2v) is 9.66. The maximum absolute atomic E-state index is 12.7. The number of carbonyl (C=O) groups is 2. The summed E-state index contributed by atoms with van der Waals surface area (Å²) in [7, 11) is 2.06. The van der Waals surface area contributed by atoms with Crippen LogP contribution in [-0.2, 0) is 11.2 Å². The molecule has 2 fully saturated rings. The molecule has 2 N–H and O–H groups in total. The number of urea groups is 1. The van der Waals surface area contributed by atoms with E-state index in [0.717, 1.165) is 50.7 Å². The molecule has 204 valence electrons. The molecule has 11 nitrogen and oxygen atoms in total. The van der Waals surface area contributed by atoms with Crippen LogP contribution in [-0.4, -0.2) is 96.2 Å². The van der Waals surface area contributed by atoms with Crippen molar-refractivity contribution in [2.45, 2.75) is 13.3 Å². The summed E-state index contributed by atoms with van der Waals surface area (Å²) >= 11 is 0. The summed E-state index contributed by atoms with van der Waals surface area (Å²) in [6, 6.07) is 14.0. The normalized spacial score (nSPS) is 16.2. The maximum atomic E-state index is 12.7. The molecule has 0 atom stereocenters. The zero-order valence-electron chi connectivity index (χ0n) is 22.4. The van der Waals surface area contributed by atoms with Crippen LogP contribution in [0.3, 0.4) is 0 Å². The van der Waals surface area contributed by atoms with Crippen molar-refractivity contribution in [3.63, 3.8) is 0 Å². The number of carbonyl (C=O) groups excluding carboxylic acids is 2. The number of ether oxygens (including phenoxy) is 1. The Kier molecular flexibility index (Phi) is 8.28. The highest BCUT2D eigenvalue weighted by Gasteiger charge is 2.20. The van der Waals surface area contributed by atoms with Crippen LogP contribution in [0.25, 0.3) is 11.4 Å². The van der Waals surface area contributed by atoms with E-state index in [2.05, 4.69) is 37.4 Å². The second-order valence-electron chi connectivity index (χ2n) is 9.66. The van der Waals surface area contributed by atoms with E-state index in [1.807, 2.05) is 36.1 Å². The van der Waals surface area contributed by atoms with E-state index in [1.165, 1.54) is 0 Å². The Hall–Kier alpha value is -4.09. The molecule has 0 radical (unpaired) electrons. The molecule has 3 heterocycles. The Morgan fingerprint density at radius 1 is 0.821 bits per heavy atom. The second kappa shape index (κ2) is 12.2. The molecule has 39 heavy (non-hydrogen) atoms. The van der Waals surface area contributed by atoms with E-state index in [0.29, 0.717) is 48.3 Å². The number of benzene rings is 2. The lowest BCUT2D eigenvalue weighted by Crippen LogP contribution is -2.47. The van der Waals surface area contributed by atoms with E-state index in [1.54, 1.807) is 24.3 Å². The summed E-state index contributed by atoms with van der Waals surface area (Å²) in [6.45, 7) is 8.02. The molecule has 2 aliphatic heterocycles. The third-order valence-electron chi connectivity index (χ3n) is 6.86. The number of piperazine rings is 1. The van der Waals surface area contributed by atoms with Gasteiger partial charge in [0.2, 0.25) is 5.95 Å². The Morgan fingerprint density at radius 2 is 1.44 bits per heavy atom. The van der Waals surface area contributed by atoms with Gasteiger partial charge in [0.15, 0.2) is 5.82 Å². The van der Waals surface area contributed by atoms with Gasteiger partial charge in [-0.25, -0.2) is 9.78 Å². The number of aromatic nitrogens is 3. The van der Waals surface area contributed by atoms with Crippen LogP contribution in [0.15, 0.2) is 48.5 Å². The average Bonchev–Trinajstić information content (AvgIpc) is 2.98. The standard InChI is InChI=1S/C28H34N8O3/c1-3-24-31-25(33-27(32-24)36-16-18-39-19-17-36)20-4-8-22(9-5-20)29-28(38)30-23-10-6-21(7-11-23)26(37)35-14-12-34(2)13-15-35/h4-11H,3,12-19H2,1-2H3,(H2,29,30,38). The Labute approximate surface area is 228 Å². The van der Waals surface area contributed by atoms with E-state index >= 15 is 0 Å². The summed E-state index contributed by atoms with van der Waals surface area (Å²) in [6.07, 6.45) is 0.706. The molecule has 1 aromatic heterocycles. The molecular formula is C28H34N8O3. The molecule has 0 unspecified atom stereocenters. The number of nitrogens with zero attached hydrogens (tertiary/aromatic N) is 6. The molecule has 0 aliphatic carbocycles. The first-order chi connectivity index (χ1) is 19.0. The highest BCUT2D eigenvalue weighted by Crippen LogP contribution is 2.22. The number of nitrogens with one attached hydrogen (secondary N) is 2. The van der Waals surface area contributed by atoms with Crippen molar-refractivity contribution >= 4 is 29.3 Å². The van der Waals surface area contributed by atoms with Crippen LogP contribution in [0.4, 0.5) is 22.1 Å². The fourth-order valence-corrected chi connectivity index (χ4v) is 4.48. The summed E-state index contributed by atoms with van der Waals surface area (Å²) in [5, 5.41) is 5.66. The Balaban J connectivity index is 1.19. The fourth-order valence-electron chi connectivity index (χ4n) is 4.48. The predicted octanol–water partition coefficient (Wildman–Crippen LogP) is 2.97. The van der Waals surface area contributed by atoms with E-state index in [9.17, 15) is 9.59 Å². The van der Waals surface area contributed by atoms with Gasteiger partial charge >= 0.3 is 6.03 Å². The van der Waals surface area contributed by atoms with Crippen molar-refractivity contribution in [2.24, 2.45) is 0 Å². The van der Waals surface area contributed by atoms with Gasteiger partial charge in [0.05, 0.1) is 13.2 Å². The van der Waals surface area contributed by atoms with Crippen LogP contribution in [0, 0.1) is 0 Å².